The average Bonchev–Trinajstić information content (AvgIpc) is 2.96. The molecule has 136 valence electrons. The van der Waals surface area contributed by atoms with E-state index in [1.54, 1.807) is 0 Å². The summed E-state index contributed by atoms with van der Waals surface area (Å²) in [5.41, 5.74) is 10.5. The Morgan fingerprint density at radius 1 is 0.536 bits per heavy atom. The van der Waals surface area contributed by atoms with Crippen LogP contribution < -0.4 is 0 Å². The smallest absolute Gasteiger partial charge is 0.0406 e. The van der Waals surface area contributed by atoms with Crippen LogP contribution in [0.15, 0.2) is 91.0 Å². The molecular weight excluding hydrogens is 360 g/mol. The molecule has 0 heterocycles. The Morgan fingerprint density at radius 3 is 1.93 bits per heavy atom. The molecule has 0 bridgehead atoms. The molecule has 0 N–H and O–H groups in total. The van der Waals surface area contributed by atoms with Gasteiger partial charge in [0.25, 0.3) is 0 Å². The van der Waals surface area contributed by atoms with Crippen molar-refractivity contribution in [1.29, 1.82) is 0 Å². The molecule has 0 nitrogen and oxygen atoms in total. The Hall–Kier alpha value is -2.83. The van der Waals surface area contributed by atoms with Crippen LogP contribution >= 0.6 is 11.6 Å². The van der Waals surface area contributed by atoms with E-state index in [1.807, 2.05) is 12.1 Å². The number of rotatable bonds is 2. The molecular formula is C27H21Cl. The number of hydrogen-bond acceptors (Lipinski definition) is 0. The molecule has 0 saturated heterocycles. The van der Waals surface area contributed by atoms with E-state index in [9.17, 15) is 0 Å². The summed E-state index contributed by atoms with van der Waals surface area (Å²) in [4.78, 5) is 0. The highest BCUT2D eigenvalue weighted by molar-refractivity contribution is 6.30. The number of benzene rings is 4. The van der Waals surface area contributed by atoms with Crippen LogP contribution in [0.3, 0.4) is 0 Å². The lowest BCUT2D eigenvalue weighted by atomic mass is 9.82. The molecule has 0 radical (unpaired) electrons. The Morgan fingerprint density at radius 2 is 1.14 bits per heavy atom. The molecule has 0 saturated carbocycles. The standard InChI is InChI=1S/C27H21Cl/c1-27(2)25-9-4-3-8-23(25)24-17-21(12-15-26(24)27)20-7-5-6-19(16-20)18-10-13-22(28)14-11-18/h3-17H,1-2H3. The molecule has 5 rings (SSSR count). The zero-order chi connectivity index (χ0) is 19.3. The maximum Gasteiger partial charge on any atom is 0.0406 e. The van der Waals surface area contributed by atoms with Crippen LogP contribution in [0, 0.1) is 0 Å². The van der Waals surface area contributed by atoms with Crippen molar-refractivity contribution in [3.05, 3.63) is 107 Å². The minimum atomic E-state index is 0.0512. The van der Waals surface area contributed by atoms with Gasteiger partial charge in [0.15, 0.2) is 0 Å². The van der Waals surface area contributed by atoms with Crippen LogP contribution in [0.1, 0.15) is 25.0 Å². The van der Waals surface area contributed by atoms with E-state index in [0.717, 1.165) is 5.02 Å². The molecule has 0 fully saturated rings. The van der Waals surface area contributed by atoms with Crippen LogP contribution in [-0.2, 0) is 5.41 Å². The Balaban J connectivity index is 1.62. The topological polar surface area (TPSA) is 0 Å². The van der Waals surface area contributed by atoms with Crippen LogP contribution in [0.4, 0.5) is 0 Å². The first-order valence-electron chi connectivity index (χ1n) is 9.65. The molecule has 0 spiro atoms. The number of hydrogen-bond donors (Lipinski definition) is 0. The van der Waals surface area contributed by atoms with Crippen molar-refractivity contribution in [3.63, 3.8) is 0 Å². The second-order valence-electron chi connectivity index (χ2n) is 8.02. The van der Waals surface area contributed by atoms with Crippen molar-refractivity contribution < 1.29 is 0 Å². The predicted molar refractivity (Wildman–Crippen MR) is 120 cm³/mol. The quantitative estimate of drug-likeness (QED) is 0.330. The molecule has 1 heteroatoms. The van der Waals surface area contributed by atoms with Gasteiger partial charge in [-0.2, -0.15) is 0 Å². The van der Waals surface area contributed by atoms with E-state index in [-0.39, 0.29) is 5.41 Å². The SMILES string of the molecule is CC1(C)c2ccccc2-c2cc(-c3cccc(-c4ccc(Cl)cc4)c3)ccc21. The highest BCUT2D eigenvalue weighted by Crippen LogP contribution is 2.49. The molecule has 0 amide bonds. The molecule has 4 aromatic rings. The Labute approximate surface area is 171 Å². The fraction of sp³-hybridized carbons (Fsp3) is 0.111. The van der Waals surface area contributed by atoms with Crippen molar-refractivity contribution in [2.75, 3.05) is 0 Å². The Kier molecular flexibility index (Phi) is 3.92. The first kappa shape index (κ1) is 17.3. The van der Waals surface area contributed by atoms with Gasteiger partial charge in [-0.05, 0) is 68.8 Å². The van der Waals surface area contributed by atoms with Crippen molar-refractivity contribution in [3.8, 4) is 33.4 Å². The maximum atomic E-state index is 6.04. The molecule has 1 aliphatic rings. The Bertz CT molecular complexity index is 1180. The second kappa shape index (κ2) is 6.36. The summed E-state index contributed by atoms with van der Waals surface area (Å²) in [7, 11) is 0. The monoisotopic (exact) mass is 380 g/mol. The normalized spacial score (nSPS) is 13.8. The van der Waals surface area contributed by atoms with Crippen LogP contribution in [0.5, 0.6) is 0 Å². The highest BCUT2D eigenvalue weighted by Gasteiger charge is 2.34. The lowest BCUT2D eigenvalue weighted by Crippen LogP contribution is -2.14. The number of fused-ring (bicyclic) bond motifs is 3. The first-order valence-corrected chi connectivity index (χ1v) is 10.0. The van der Waals surface area contributed by atoms with Gasteiger partial charge < -0.3 is 0 Å². The molecule has 0 atom stereocenters. The van der Waals surface area contributed by atoms with Gasteiger partial charge in [0, 0.05) is 10.4 Å². The molecule has 1 aliphatic carbocycles. The minimum Gasteiger partial charge on any atom is -0.0843 e. The molecule has 0 aliphatic heterocycles. The summed E-state index contributed by atoms with van der Waals surface area (Å²) < 4.78 is 0. The zero-order valence-electron chi connectivity index (χ0n) is 16.0. The van der Waals surface area contributed by atoms with E-state index >= 15 is 0 Å². The van der Waals surface area contributed by atoms with Gasteiger partial charge in [0.1, 0.15) is 0 Å². The second-order valence-corrected chi connectivity index (χ2v) is 8.46. The first-order chi connectivity index (χ1) is 13.5. The molecule has 4 aromatic carbocycles. The van der Waals surface area contributed by atoms with Gasteiger partial charge in [-0.3, -0.25) is 0 Å². The molecule has 0 aromatic heterocycles. The van der Waals surface area contributed by atoms with Gasteiger partial charge in [0.2, 0.25) is 0 Å². The summed E-state index contributed by atoms with van der Waals surface area (Å²) in [6, 6.07) is 32.5. The highest BCUT2D eigenvalue weighted by atomic mass is 35.5. The van der Waals surface area contributed by atoms with Gasteiger partial charge in [-0.15, -0.1) is 0 Å². The van der Waals surface area contributed by atoms with Crippen molar-refractivity contribution >= 4 is 11.6 Å². The fourth-order valence-electron chi connectivity index (χ4n) is 4.42. The van der Waals surface area contributed by atoms with E-state index in [4.69, 9.17) is 11.6 Å². The van der Waals surface area contributed by atoms with Crippen molar-refractivity contribution in [2.24, 2.45) is 0 Å². The van der Waals surface area contributed by atoms with Gasteiger partial charge in [-0.25, -0.2) is 0 Å². The third kappa shape index (κ3) is 2.68. The maximum absolute atomic E-state index is 6.04. The van der Waals surface area contributed by atoms with Crippen LogP contribution in [-0.4, -0.2) is 0 Å². The predicted octanol–water partition coefficient (Wildman–Crippen LogP) is 7.98. The van der Waals surface area contributed by atoms with Crippen molar-refractivity contribution in [2.45, 2.75) is 19.3 Å². The van der Waals surface area contributed by atoms with Crippen LogP contribution in [0.25, 0.3) is 33.4 Å². The van der Waals surface area contributed by atoms with E-state index in [0.29, 0.717) is 0 Å². The zero-order valence-corrected chi connectivity index (χ0v) is 16.8. The summed E-state index contributed by atoms with van der Waals surface area (Å²) in [5, 5.41) is 0.764. The van der Waals surface area contributed by atoms with Gasteiger partial charge in [0.05, 0.1) is 0 Å². The van der Waals surface area contributed by atoms with E-state index < -0.39 is 0 Å². The minimum absolute atomic E-state index is 0.0512. The molecule has 0 unspecified atom stereocenters. The van der Waals surface area contributed by atoms with E-state index in [2.05, 4.69) is 92.7 Å². The lowest BCUT2D eigenvalue weighted by Gasteiger charge is -2.21. The van der Waals surface area contributed by atoms with Gasteiger partial charge >= 0.3 is 0 Å². The third-order valence-corrected chi connectivity index (χ3v) is 6.21. The summed E-state index contributed by atoms with van der Waals surface area (Å²) in [6.45, 7) is 4.64. The largest absolute Gasteiger partial charge is 0.0843 e. The van der Waals surface area contributed by atoms with Crippen LogP contribution in [0.2, 0.25) is 5.02 Å². The summed E-state index contributed by atoms with van der Waals surface area (Å²) >= 11 is 6.04. The average molecular weight is 381 g/mol. The van der Waals surface area contributed by atoms with Crippen molar-refractivity contribution in [1.82, 2.24) is 0 Å². The third-order valence-electron chi connectivity index (χ3n) is 5.96. The summed E-state index contributed by atoms with van der Waals surface area (Å²) in [5.74, 6) is 0. The lowest BCUT2D eigenvalue weighted by molar-refractivity contribution is 0.660. The number of halogens is 1. The van der Waals surface area contributed by atoms with Gasteiger partial charge in [-0.1, -0.05) is 92.2 Å². The summed E-state index contributed by atoms with van der Waals surface area (Å²) in [6.07, 6.45) is 0. The van der Waals surface area contributed by atoms with E-state index in [1.165, 1.54) is 44.5 Å². The molecule has 28 heavy (non-hydrogen) atoms. The fourth-order valence-corrected chi connectivity index (χ4v) is 4.55.